The van der Waals surface area contributed by atoms with Gasteiger partial charge in [-0.25, -0.2) is 0 Å². The first-order chi connectivity index (χ1) is 32.0. The van der Waals surface area contributed by atoms with Crippen LogP contribution in [-0.2, 0) is 14.4 Å². The zero-order chi connectivity index (χ0) is 47.5. The highest BCUT2D eigenvalue weighted by Crippen LogP contribution is 2.26. The minimum Gasteiger partial charge on any atom is -0.481 e. The van der Waals surface area contributed by atoms with Gasteiger partial charge in [-0.15, -0.1) is 0 Å². The van der Waals surface area contributed by atoms with Crippen LogP contribution in [-0.4, -0.2) is 82.5 Å². The average molecular weight is 902 g/mol. The molecule has 0 aliphatic heterocycles. The summed E-state index contributed by atoms with van der Waals surface area (Å²) in [5, 5.41) is 25.9. The number of nitrogens with one attached hydrogen (secondary N) is 2. The minimum absolute atomic E-state index is 0.0928. The molecule has 4 rings (SSSR count). The van der Waals surface area contributed by atoms with Crippen molar-refractivity contribution in [3.8, 4) is 0 Å². The molecule has 0 saturated heterocycles. The number of ketones is 2. The molecule has 352 valence electrons. The number of amides is 3. The van der Waals surface area contributed by atoms with Crippen molar-refractivity contribution in [1.82, 2.24) is 15.5 Å². The van der Waals surface area contributed by atoms with Crippen LogP contribution in [0.1, 0.15) is 162 Å². The highest BCUT2D eigenvalue weighted by molar-refractivity contribution is 6.10. The topological polar surface area (TPSA) is 187 Å². The van der Waals surface area contributed by atoms with Gasteiger partial charge >= 0.3 is 11.9 Å². The predicted octanol–water partition coefficient (Wildman–Crippen LogP) is 9.80. The van der Waals surface area contributed by atoms with E-state index in [4.69, 9.17) is 0 Å². The Labute approximate surface area is 389 Å². The molecule has 0 aliphatic rings. The highest BCUT2D eigenvalue weighted by atomic mass is 16.4. The van der Waals surface area contributed by atoms with Gasteiger partial charge in [-0.3, -0.25) is 33.6 Å². The predicted molar refractivity (Wildman–Crippen MR) is 256 cm³/mol. The summed E-state index contributed by atoms with van der Waals surface area (Å²) in [7, 11) is 0. The summed E-state index contributed by atoms with van der Waals surface area (Å²) >= 11 is 0. The fourth-order valence-corrected chi connectivity index (χ4v) is 8.06. The van der Waals surface area contributed by atoms with Crippen molar-refractivity contribution in [2.24, 2.45) is 11.8 Å². The second-order valence-electron chi connectivity index (χ2n) is 16.9. The van der Waals surface area contributed by atoms with Gasteiger partial charge in [0.25, 0.3) is 11.8 Å². The third-order valence-corrected chi connectivity index (χ3v) is 11.9. The van der Waals surface area contributed by atoms with Crippen molar-refractivity contribution in [2.45, 2.75) is 110 Å². The van der Waals surface area contributed by atoms with Crippen LogP contribution >= 0.6 is 0 Å². The number of carboxylic acids is 2. The Morgan fingerprint density at radius 1 is 0.455 bits per heavy atom. The van der Waals surface area contributed by atoms with Gasteiger partial charge in [0.05, 0.1) is 18.3 Å². The van der Waals surface area contributed by atoms with Crippen LogP contribution < -0.4 is 10.6 Å². The second-order valence-corrected chi connectivity index (χ2v) is 16.9. The van der Waals surface area contributed by atoms with Gasteiger partial charge in [-0.05, 0) is 43.5 Å². The number of nitrogens with zero attached hydrogens (tertiary/aromatic N) is 1. The third kappa shape index (κ3) is 17.9. The van der Waals surface area contributed by atoms with E-state index >= 15 is 0 Å². The van der Waals surface area contributed by atoms with Crippen LogP contribution in [0.2, 0.25) is 0 Å². The second kappa shape index (κ2) is 29.2. The number of hydrogen-bond donors (Lipinski definition) is 4. The zero-order valence-electron chi connectivity index (χ0n) is 38.4. The van der Waals surface area contributed by atoms with Crippen LogP contribution in [0.3, 0.4) is 0 Å². The van der Waals surface area contributed by atoms with Gasteiger partial charge in [0.15, 0.2) is 11.6 Å². The summed E-state index contributed by atoms with van der Waals surface area (Å²) in [6, 6.07) is 30.2. The van der Waals surface area contributed by atoms with Gasteiger partial charge in [0, 0.05) is 59.6 Å². The van der Waals surface area contributed by atoms with E-state index in [1.54, 1.807) is 97.1 Å². The lowest BCUT2D eigenvalue weighted by Crippen LogP contribution is -2.44. The van der Waals surface area contributed by atoms with E-state index in [1.165, 1.54) is 49.8 Å². The Bertz CT molecular complexity index is 2030. The first kappa shape index (κ1) is 52.2. The molecule has 3 amide bonds. The number of unbranched alkanes of at least 4 members (excludes halogenated alkanes) is 11. The average Bonchev–Trinajstić information content (AvgIpc) is 3.34. The molecule has 0 fully saturated rings. The standard InChI is InChI=1S/C54H67N3O9/c1-2-3-4-5-6-7-8-9-10-11-12-19-26-46(54(65)66)47(39-48(58)59)53(64)57(37-20-35-55-51(62)44-31-27-42(28-32-44)49(60)40-22-15-13-16-23-40)38-21-36-56-52(63)45-33-29-43(30-34-45)50(61)41-24-17-14-18-25-41/h13-18,22-25,27-34,46-47H,2-12,19-21,26,35-39H2,1H3,(H,55,62)(H,56,63)(H,58,59)(H,65,66). The van der Waals surface area contributed by atoms with Crippen LogP contribution in [0.15, 0.2) is 109 Å². The molecule has 2 unspecified atom stereocenters. The lowest BCUT2D eigenvalue weighted by molar-refractivity contribution is -0.154. The summed E-state index contributed by atoms with van der Waals surface area (Å²) in [5.41, 5.74) is 2.61. The molecule has 0 radical (unpaired) electrons. The molecular formula is C54H67N3O9. The molecular weight excluding hydrogens is 835 g/mol. The number of aliphatic carboxylic acids is 2. The number of benzene rings is 4. The molecule has 4 aromatic carbocycles. The van der Waals surface area contributed by atoms with E-state index in [-0.39, 0.29) is 68.8 Å². The molecule has 0 aromatic heterocycles. The highest BCUT2D eigenvalue weighted by Gasteiger charge is 2.37. The minimum atomic E-state index is -1.31. The van der Waals surface area contributed by atoms with Gasteiger partial charge in [0.1, 0.15) is 0 Å². The third-order valence-electron chi connectivity index (χ3n) is 11.9. The quantitative estimate of drug-likeness (QED) is 0.0273. The Balaban J connectivity index is 1.36. The Hall–Kier alpha value is -6.43. The summed E-state index contributed by atoms with van der Waals surface area (Å²) < 4.78 is 0. The van der Waals surface area contributed by atoms with E-state index < -0.39 is 36.1 Å². The zero-order valence-corrected chi connectivity index (χ0v) is 38.4. The first-order valence-corrected chi connectivity index (χ1v) is 23.7. The number of hydrogen-bond acceptors (Lipinski definition) is 7. The number of carbonyl (C=O) groups excluding carboxylic acids is 5. The lowest BCUT2D eigenvalue weighted by atomic mass is 9.84. The van der Waals surface area contributed by atoms with Gasteiger partial charge < -0.3 is 25.7 Å². The van der Waals surface area contributed by atoms with Crippen LogP contribution in [0.5, 0.6) is 0 Å². The number of carboxylic acid groups (broad SMARTS) is 2. The van der Waals surface area contributed by atoms with E-state index in [9.17, 15) is 43.8 Å². The van der Waals surface area contributed by atoms with Crippen molar-refractivity contribution in [2.75, 3.05) is 26.2 Å². The summed E-state index contributed by atoms with van der Waals surface area (Å²) in [6.07, 6.45) is 13.2. The first-order valence-electron chi connectivity index (χ1n) is 23.7. The maximum Gasteiger partial charge on any atom is 0.307 e. The smallest absolute Gasteiger partial charge is 0.307 e. The van der Waals surface area contributed by atoms with Crippen LogP contribution in [0, 0.1) is 11.8 Å². The Morgan fingerprint density at radius 3 is 1.20 bits per heavy atom. The SMILES string of the molecule is CCCCCCCCCCCCCCC(C(=O)O)C(CC(=O)O)C(=O)N(CCCNC(=O)c1ccc(C(=O)c2ccccc2)cc1)CCCNC(=O)c1ccc(C(=O)c2ccccc2)cc1. The molecule has 12 nitrogen and oxygen atoms in total. The summed E-state index contributed by atoms with van der Waals surface area (Å²) in [5.74, 6) is -6.71. The van der Waals surface area contributed by atoms with Crippen molar-refractivity contribution in [1.29, 1.82) is 0 Å². The van der Waals surface area contributed by atoms with Crippen molar-refractivity contribution < 1.29 is 43.8 Å². The molecule has 0 heterocycles. The molecule has 0 aliphatic carbocycles. The largest absolute Gasteiger partial charge is 0.481 e. The summed E-state index contributed by atoms with van der Waals surface area (Å²) in [6.45, 7) is 2.69. The number of carbonyl (C=O) groups is 7. The summed E-state index contributed by atoms with van der Waals surface area (Å²) in [4.78, 5) is 92.4. The van der Waals surface area contributed by atoms with Crippen molar-refractivity contribution in [3.05, 3.63) is 143 Å². The van der Waals surface area contributed by atoms with E-state index in [0.29, 0.717) is 39.8 Å². The van der Waals surface area contributed by atoms with Gasteiger partial charge in [-0.1, -0.05) is 169 Å². The molecule has 4 N–H and O–H groups in total. The molecule has 66 heavy (non-hydrogen) atoms. The van der Waals surface area contributed by atoms with Gasteiger partial charge in [-0.2, -0.15) is 0 Å². The van der Waals surface area contributed by atoms with Crippen molar-refractivity contribution >= 4 is 41.2 Å². The Morgan fingerprint density at radius 2 is 0.818 bits per heavy atom. The maximum absolute atomic E-state index is 14.3. The fraction of sp³-hybridized carbons (Fsp3) is 0.426. The molecule has 0 saturated carbocycles. The van der Waals surface area contributed by atoms with Crippen molar-refractivity contribution in [3.63, 3.8) is 0 Å². The fourth-order valence-electron chi connectivity index (χ4n) is 8.06. The van der Waals surface area contributed by atoms with Gasteiger partial charge in [0.2, 0.25) is 5.91 Å². The molecule has 0 bridgehead atoms. The monoisotopic (exact) mass is 901 g/mol. The number of rotatable bonds is 32. The normalized spacial score (nSPS) is 11.8. The van der Waals surface area contributed by atoms with E-state index in [0.717, 1.165) is 25.7 Å². The van der Waals surface area contributed by atoms with Crippen LogP contribution in [0.25, 0.3) is 0 Å². The van der Waals surface area contributed by atoms with E-state index in [1.807, 2.05) is 12.1 Å². The Kier molecular flexibility index (Phi) is 23.1. The molecule has 4 aromatic rings. The molecule has 12 heteroatoms. The maximum atomic E-state index is 14.3. The molecule has 0 spiro atoms. The molecule has 2 atom stereocenters. The van der Waals surface area contributed by atoms with Crippen LogP contribution in [0.4, 0.5) is 0 Å². The lowest BCUT2D eigenvalue weighted by Gasteiger charge is -2.30. The van der Waals surface area contributed by atoms with E-state index in [2.05, 4.69) is 17.6 Å².